The summed E-state index contributed by atoms with van der Waals surface area (Å²) in [6, 6.07) is 8.49. The molecule has 5 nitrogen and oxygen atoms in total. The van der Waals surface area contributed by atoms with Crippen LogP contribution in [0.2, 0.25) is 10.0 Å². The van der Waals surface area contributed by atoms with Crippen LogP contribution in [-0.4, -0.2) is 19.6 Å². The summed E-state index contributed by atoms with van der Waals surface area (Å²) < 4.78 is 2.70. The van der Waals surface area contributed by atoms with Gasteiger partial charge in [0.25, 0.3) is 5.56 Å². The van der Waals surface area contributed by atoms with Crippen molar-refractivity contribution in [3.05, 3.63) is 69.3 Å². The number of nitrogens with zero attached hydrogens (tertiary/aromatic N) is 4. The third kappa shape index (κ3) is 2.21. The van der Waals surface area contributed by atoms with Crippen molar-refractivity contribution in [1.29, 1.82) is 0 Å². The van der Waals surface area contributed by atoms with Gasteiger partial charge >= 0.3 is 0 Å². The van der Waals surface area contributed by atoms with E-state index in [1.807, 2.05) is 0 Å². The molecule has 0 unspecified atom stereocenters. The zero-order valence-electron chi connectivity index (χ0n) is 10.1. The molecule has 0 fully saturated rings. The summed E-state index contributed by atoms with van der Waals surface area (Å²) >= 11 is 11.9. The fourth-order valence-electron chi connectivity index (χ4n) is 1.76. The van der Waals surface area contributed by atoms with Gasteiger partial charge < -0.3 is 0 Å². The van der Waals surface area contributed by atoms with E-state index in [1.54, 1.807) is 42.7 Å². The predicted octanol–water partition coefficient (Wildman–Crippen LogP) is 2.73. The van der Waals surface area contributed by atoms with Gasteiger partial charge in [0.2, 0.25) is 0 Å². The van der Waals surface area contributed by atoms with Crippen LogP contribution < -0.4 is 5.56 Å². The summed E-state index contributed by atoms with van der Waals surface area (Å²) in [5.74, 6) is 0. The second kappa shape index (κ2) is 5.11. The van der Waals surface area contributed by atoms with Crippen molar-refractivity contribution >= 4 is 23.2 Å². The minimum Gasteiger partial charge on any atom is -0.266 e. The lowest BCUT2D eigenvalue weighted by atomic mass is 10.3. The number of hydrogen-bond acceptors (Lipinski definition) is 3. The number of rotatable bonds is 2. The lowest BCUT2D eigenvalue weighted by Gasteiger charge is -2.08. The van der Waals surface area contributed by atoms with Crippen molar-refractivity contribution in [3.63, 3.8) is 0 Å². The molecule has 0 amide bonds. The lowest BCUT2D eigenvalue weighted by Crippen LogP contribution is -2.23. The van der Waals surface area contributed by atoms with E-state index in [-0.39, 0.29) is 5.02 Å². The van der Waals surface area contributed by atoms with Crippen molar-refractivity contribution in [2.75, 3.05) is 0 Å². The van der Waals surface area contributed by atoms with Gasteiger partial charge in [-0.3, -0.25) is 4.79 Å². The second-order valence-electron chi connectivity index (χ2n) is 3.99. The second-order valence-corrected chi connectivity index (χ2v) is 4.80. The number of benzene rings is 1. The zero-order valence-corrected chi connectivity index (χ0v) is 11.6. The van der Waals surface area contributed by atoms with Crippen LogP contribution in [0.4, 0.5) is 0 Å². The first-order valence-corrected chi connectivity index (χ1v) is 6.46. The van der Waals surface area contributed by atoms with Crippen LogP contribution in [-0.2, 0) is 0 Å². The van der Waals surface area contributed by atoms with Crippen molar-refractivity contribution in [2.45, 2.75) is 0 Å². The molecule has 0 saturated heterocycles. The fourth-order valence-corrected chi connectivity index (χ4v) is 2.10. The molecular weight excluding hydrogens is 299 g/mol. The maximum absolute atomic E-state index is 12.3. The summed E-state index contributed by atoms with van der Waals surface area (Å²) in [7, 11) is 0. The van der Waals surface area contributed by atoms with Crippen LogP contribution in [0.25, 0.3) is 11.4 Å². The van der Waals surface area contributed by atoms with Gasteiger partial charge in [-0.05, 0) is 30.3 Å². The zero-order chi connectivity index (χ0) is 14.1. The van der Waals surface area contributed by atoms with E-state index in [1.165, 1.54) is 15.6 Å². The normalized spacial score (nSPS) is 10.7. The molecule has 0 aliphatic heterocycles. The average Bonchev–Trinajstić information content (AvgIpc) is 2.97. The quantitative estimate of drug-likeness (QED) is 0.731. The molecule has 100 valence electrons. The summed E-state index contributed by atoms with van der Waals surface area (Å²) in [5, 5.41) is 8.78. The van der Waals surface area contributed by atoms with Crippen molar-refractivity contribution < 1.29 is 0 Å². The van der Waals surface area contributed by atoms with Gasteiger partial charge in [0.1, 0.15) is 10.7 Å². The highest BCUT2D eigenvalue weighted by atomic mass is 35.5. The van der Waals surface area contributed by atoms with Gasteiger partial charge in [0.05, 0.1) is 11.9 Å². The third-order valence-electron chi connectivity index (χ3n) is 2.72. The Hall–Kier alpha value is -2.11. The summed E-state index contributed by atoms with van der Waals surface area (Å²) in [6.07, 6.45) is 4.78. The van der Waals surface area contributed by atoms with Crippen molar-refractivity contribution in [3.8, 4) is 11.4 Å². The molecule has 0 aliphatic carbocycles. The maximum atomic E-state index is 12.3. The SMILES string of the molecule is O=c1c(Cl)c(-n2cccn2)cnn1-c1ccc(Cl)cc1. The molecule has 3 rings (SSSR count). The molecular formula is C13H8Cl2N4O. The molecule has 0 N–H and O–H groups in total. The van der Waals surface area contributed by atoms with E-state index >= 15 is 0 Å². The number of aromatic nitrogens is 4. The van der Waals surface area contributed by atoms with Crippen LogP contribution in [0.5, 0.6) is 0 Å². The summed E-state index contributed by atoms with van der Waals surface area (Å²) in [5.41, 5.74) is 0.613. The Kier molecular flexibility index (Phi) is 3.30. The molecule has 0 atom stereocenters. The fraction of sp³-hybridized carbons (Fsp3) is 0. The van der Waals surface area contributed by atoms with E-state index in [4.69, 9.17) is 23.2 Å². The van der Waals surface area contributed by atoms with E-state index in [0.29, 0.717) is 16.4 Å². The van der Waals surface area contributed by atoms with Crippen LogP contribution in [0, 0.1) is 0 Å². The van der Waals surface area contributed by atoms with Gasteiger partial charge in [-0.1, -0.05) is 23.2 Å². The molecule has 7 heteroatoms. The largest absolute Gasteiger partial charge is 0.292 e. The third-order valence-corrected chi connectivity index (χ3v) is 3.33. The minimum absolute atomic E-state index is 0.0543. The van der Waals surface area contributed by atoms with Gasteiger partial charge in [0, 0.05) is 17.4 Å². The Bertz CT molecular complexity index is 794. The van der Waals surface area contributed by atoms with Gasteiger partial charge in [-0.25, -0.2) is 4.68 Å². The highest BCUT2D eigenvalue weighted by Crippen LogP contribution is 2.16. The Morgan fingerprint density at radius 1 is 1.05 bits per heavy atom. The minimum atomic E-state index is -0.415. The van der Waals surface area contributed by atoms with E-state index in [9.17, 15) is 4.79 Å². The Labute approximate surface area is 124 Å². The van der Waals surface area contributed by atoms with Crippen LogP contribution in [0.1, 0.15) is 0 Å². The summed E-state index contributed by atoms with van der Waals surface area (Å²) in [4.78, 5) is 12.3. The summed E-state index contributed by atoms with van der Waals surface area (Å²) in [6.45, 7) is 0. The van der Waals surface area contributed by atoms with Crippen LogP contribution in [0.15, 0.2) is 53.7 Å². The maximum Gasteiger partial charge on any atom is 0.292 e. The molecule has 1 aromatic carbocycles. The van der Waals surface area contributed by atoms with Gasteiger partial charge in [-0.2, -0.15) is 14.9 Å². The molecule has 3 aromatic rings. The Balaban J connectivity index is 2.14. The smallest absolute Gasteiger partial charge is 0.266 e. The first kappa shape index (κ1) is 12.9. The Morgan fingerprint density at radius 3 is 2.45 bits per heavy atom. The van der Waals surface area contributed by atoms with E-state index in [0.717, 1.165) is 0 Å². The number of hydrogen-bond donors (Lipinski definition) is 0. The average molecular weight is 307 g/mol. The topological polar surface area (TPSA) is 52.7 Å². The first-order valence-electron chi connectivity index (χ1n) is 5.70. The molecule has 2 aromatic heterocycles. The monoisotopic (exact) mass is 306 g/mol. The standard InChI is InChI=1S/C13H8Cl2N4O/c14-9-2-4-10(5-3-9)19-13(20)12(15)11(8-17-19)18-7-1-6-16-18/h1-8H. The highest BCUT2D eigenvalue weighted by Gasteiger charge is 2.12. The van der Waals surface area contributed by atoms with Crippen molar-refractivity contribution in [2.24, 2.45) is 0 Å². The molecule has 0 radical (unpaired) electrons. The van der Waals surface area contributed by atoms with Crippen molar-refractivity contribution in [1.82, 2.24) is 19.6 Å². The van der Waals surface area contributed by atoms with Gasteiger partial charge in [0.15, 0.2) is 0 Å². The van der Waals surface area contributed by atoms with Gasteiger partial charge in [-0.15, -0.1) is 0 Å². The highest BCUT2D eigenvalue weighted by molar-refractivity contribution is 6.32. The van der Waals surface area contributed by atoms with E-state index in [2.05, 4.69) is 10.2 Å². The van der Waals surface area contributed by atoms with Crippen LogP contribution >= 0.6 is 23.2 Å². The molecule has 0 saturated carbocycles. The number of halogens is 2. The Morgan fingerprint density at radius 2 is 1.80 bits per heavy atom. The van der Waals surface area contributed by atoms with Crippen LogP contribution in [0.3, 0.4) is 0 Å². The molecule has 0 spiro atoms. The first-order chi connectivity index (χ1) is 9.66. The molecule has 2 heterocycles. The lowest BCUT2D eigenvalue weighted by molar-refractivity contribution is 0.779. The molecule has 20 heavy (non-hydrogen) atoms. The predicted molar refractivity (Wildman–Crippen MR) is 77.0 cm³/mol. The molecule has 0 aliphatic rings. The van der Waals surface area contributed by atoms with E-state index < -0.39 is 5.56 Å². The molecule has 0 bridgehead atoms.